The summed E-state index contributed by atoms with van der Waals surface area (Å²) in [4.78, 5) is 6.73. The van der Waals surface area contributed by atoms with Gasteiger partial charge in [-0.1, -0.05) is 0 Å². The number of hydrogen-bond donors (Lipinski definition) is 2. The summed E-state index contributed by atoms with van der Waals surface area (Å²) in [5.74, 6) is 0.893. The van der Waals surface area contributed by atoms with Crippen LogP contribution >= 0.6 is 0 Å². The van der Waals surface area contributed by atoms with Gasteiger partial charge in [-0.15, -0.1) is 0 Å². The van der Waals surface area contributed by atoms with Gasteiger partial charge in [-0.2, -0.15) is 0 Å². The second-order valence-electron chi connectivity index (χ2n) is 5.06. The molecule has 2 aliphatic heterocycles. The van der Waals surface area contributed by atoms with Crippen molar-refractivity contribution in [3.8, 4) is 0 Å². The molecule has 0 saturated carbocycles. The summed E-state index contributed by atoms with van der Waals surface area (Å²) in [6.45, 7) is 6.36. The highest BCUT2D eigenvalue weighted by Crippen LogP contribution is 2.10. The summed E-state index contributed by atoms with van der Waals surface area (Å²) in [7, 11) is 1.82. The van der Waals surface area contributed by atoms with Crippen molar-refractivity contribution in [2.45, 2.75) is 31.8 Å². The third-order valence-corrected chi connectivity index (χ3v) is 3.66. The van der Waals surface area contributed by atoms with Gasteiger partial charge < -0.3 is 20.3 Å². The van der Waals surface area contributed by atoms with Crippen molar-refractivity contribution in [1.29, 1.82) is 0 Å². The Bertz CT molecular complexity index is 258. The molecule has 0 aromatic carbocycles. The summed E-state index contributed by atoms with van der Waals surface area (Å²) in [6.07, 6.45) is 5.42. The predicted octanol–water partition coefficient (Wildman–Crippen LogP) is 0.426. The first kappa shape index (κ1) is 13.6. The zero-order chi connectivity index (χ0) is 12.6. The van der Waals surface area contributed by atoms with Crippen LogP contribution in [-0.2, 0) is 4.74 Å². The van der Waals surface area contributed by atoms with Gasteiger partial charge in [-0.05, 0) is 38.8 Å². The highest BCUT2D eigenvalue weighted by Gasteiger charge is 2.15. The molecular formula is C13H26N4O. The Hall–Kier alpha value is -0.810. The minimum Gasteiger partial charge on any atom is -0.376 e. The third kappa shape index (κ3) is 4.46. The van der Waals surface area contributed by atoms with E-state index in [9.17, 15) is 0 Å². The van der Waals surface area contributed by atoms with E-state index < -0.39 is 0 Å². The SMILES string of the molecule is CN=C(NCCN1CCCC1)NCC1CCCO1. The zero-order valence-corrected chi connectivity index (χ0v) is 11.5. The smallest absolute Gasteiger partial charge is 0.191 e. The van der Waals surface area contributed by atoms with Gasteiger partial charge in [0.15, 0.2) is 5.96 Å². The van der Waals surface area contributed by atoms with Gasteiger partial charge in [-0.3, -0.25) is 4.99 Å². The van der Waals surface area contributed by atoms with Crippen molar-refractivity contribution in [3.63, 3.8) is 0 Å². The molecule has 2 heterocycles. The van der Waals surface area contributed by atoms with Crippen LogP contribution in [0.1, 0.15) is 25.7 Å². The molecule has 0 amide bonds. The van der Waals surface area contributed by atoms with Crippen molar-refractivity contribution < 1.29 is 4.74 Å². The number of aliphatic imine (C=N–C) groups is 1. The van der Waals surface area contributed by atoms with Crippen LogP contribution in [0.15, 0.2) is 4.99 Å². The van der Waals surface area contributed by atoms with Crippen LogP contribution in [0.2, 0.25) is 0 Å². The lowest BCUT2D eigenvalue weighted by Gasteiger charge is -2.18. The largest absolute Gasteiger partial charge is 0.376 e. The molecule has 1 unspecified atom stereocenters. The van der Waals surface area contributed by atoms with E-state index in [-0.39, 0.29) is 0 Å². The van der Waals surface area contributed by atoms with Crippen LogP contribution in [0.25, 0.3) is 0 Å². The van der Waals surface area contributed by atoms with E-state index in [1.165, 1.54) is 32.4 Å². The van der Waals surface area contributed by atoms with Crippen molar-refractivity contribution in [2.75, 3.05) is 46.4 Å². The standard InChI is InChI=1S/C13H26N4O/c1-14-13(16-11-12-5-4-10-18-12)15-6-9-17-7-2-3-8-17/h12H,2-11H2,1H3,(H2,14,15,16). The summed E-state index contributed by atoms with van der Waals surface area (Å²) < 4.78 is 5.58. The predicted molar refractivity (Wildman–Crippen MR) is 74.0 cm³/mol. The van der Waals surface area contributed by atoms with Crippen LogP contribution in [-0.4, -0.2) is 63.3 Å². The fourth-order valence-electron chi connectivity index (χ4n) is 2.58. The van der Waals surface area contributed by atoms with Crippen molar-refractivity contribution in [2.24, 2.45) is 4.99 Å². The van der Waals surface area contributed by atoms with E-state index in [1.54, 1.807) is 0 Å². The summed E-state index contributed by atoms with van der Waals surface area (Å²) >= 11 is 0. The van der Waals surface area contributed by atoms with Crippen LogP contribution in [0.3, 0.4) is 0 Å². The van der Waals surface area contributed by atoms with Crippen LogP contribution in [0.5, 0.6) is 0 Å². The molecule has 5 heteroatoms. The van der Waals surface area contributed by atoms with Crippen LogP contribution < -0.4 is 10.6 Å². The fraction of sp³-hybridized carbons (Fsp3) is 0.923. The fourth-order valence-corrected chi connectivity index (χ4v) is 2.58. The van der Waals surface area contributed by atoms with E-state index in [0.29, 0.717) is 6.10 Å². The third-order valence-electron chi connectivity index (χ3n) is 3.66. The van der Waals surface area contributed by atoms with E-state index in [2.05, 4.69) is 20.5 Å². The topological polar surface area (TPSA) is 48.9 Å². The molecule has 1 atom stereocenters. The maximum atomic E-state index is 5.58. The van der Waals surface area contributed by atoms with E-state index in [1.807, 2.05) is 7.05 Å². The van der Waals surface area contributed by atoms with Gasteiger partial charge in [-0.25, -0.2) is 0 Å². The molecule has 0 aliphatic carbocycles. The van der Waals surface area contributed by atoms with Gasteiger partial charge in [0.2, 0.25) is 0 Å². The van der Waals surface area contributed by atoms with E-state index >= 15 is 0 Å². The number of rotatable bonds is 5. The molecule has 2 N–H and O–H groups in total. The first-order chi connectivity index (χ1) is 8.88. The number of nitrogens with one attached hydrogen (secondary N) is 2. The summed E-state index contributed by atoms with van der Waals surface area (Å²) in [6, 6.07) is 0. The van der Waals surface area contributed by atoms with Gasteiger partial charge >= 0.3 is 0 Å². The minimum atomic E-state index is 0.363. The van der Waals surface area contributed by atoms with Gasteiger partial charge in [0.1, 0.15) is 0 Å². The monoisotopic (exact) mass is 254 g/mol. The highest BCUT2D eigenvalue weighted by atomic mass is 16.5. The second kappa shape index (κ2) is 7.59. The average Bonchev–Trinajstić information content (AvgIpc) is 3.06. The first-order valence-electron chi connectivity index (χ1n) is 7.17. The maximum absolute atomic E-state index is 5.58. The minimum absolute atomic E-state index is 0.363. The molecule has 0 spiro atoms. The molecular weight excluding hydrogens is 228 g/mol. The number of ether oxygens (including phenoxy) is 1. The Balaban J connectivity index is 1.56. The molecule has 5 nitrogen and oxygen atoms in total. The maximum Gasteiger partial charge on any atom is 0.191 e. The Labute approximate surface area is 110 Å². The highest BCUT2D eigenvalue weighted by molar-refractivity contribution is 5.79. The molecule has 0 bridgehead atoms. The van der Waals surface area contributed by atoms with Gasteiger partial charge in [0, 0.05) is 33.3 Å². The number of nitrogens with zero attached hydrogens (tertiary/aromatic N) is 2. The Morgan fingerprint density at radius 2 is 2.11 bits per heavy atom. The van der Waals surface area contributed by atoms with Crippen molar-refractivity contribution >= 4 is 5.96 Å². The van der Waals surface area contributed by atoms with Crippen LogP contribution in [0.4, 0.5) is 0 Å². The van der Waals surface area contributed by atoms with Crippen LogP contribution in [0, 0.1) is 0 Å². The van der Waals surface area contributed by atoms with E-state index in [4.69, 9.17) is 4.74 Å². The quantitative estimate of drug-likeness (QED) is 0.552. The zero-order valence-electron chi connectivity index (χ0n) is 11.5. The summed E-state index contributed by atoms with van der Waals surface area (Å²) in [5.41, 5.74) is 0. The Morgan fingerprint density at radius 3 is 2.78 bits per heavy atom. The molecule has 0 radical (unpaired) electrons. The molecule has 18 heavy (non-hydrogen) atoms. The lowest BCUT2D eigenvalue weighted by molar-refractivity contribution is 0.114. The molecule has 2 aliphatic rings. The molecule has 2 rings (SSSR count). The number of guanidine groups is 1. The summed E-state index contributed by atoms with van der Waals surface area (Å²) in [5, 5.41) is 6.69. The molecule has 0 aromatic rings. The normalized spacial score (nSPS) is 25.6. The Morgan fingerprint density at radius 1 is 1.28 bits per heavy atom. The Kier molecular flexibility index (Phi) is 5.74. The number of likely N-dealkylation sites (tertiary alicyclic amines) is 1. The van der Waals surface area contributed by atoms with Crippen molar-refractivity contribution in [3.05, 3.63) is 0 Å². The van der Waals surface area contributed by atoms with Gasteiger partial charge in [0.05, 0.1) is 6.10 Å². The molecule has 2 saturated heterocycles. The second-order valence-corrected chi connectivity index (χ2v) is 5.06. The lowest BCUT2D eigenvalue weighted by atomic mass is 10.2. The number of hydrogen-bond acceptors (Lipinski definition) is 3. The lowest BCUT2D eigenvalue weighted by Crippen LogP contribution is -2.43. The van der Waals surface area contributed by atoms with E-state index in [0.717, 1.165) is 38.6 Å². The molecule has 0 aromatic heterocycles. The van der Waals surface area contributed by atoms with Crippen molar-refractivity contribution in [1.82, 2.24) is 15.5 Å². The van der Waals surface area contributed by atoms with Gasteiger partial charge in [0.25, 0.3) is 0 Å². The molecule has 104 valence electrons. The first-order valence-corrected chi connectivity index (χ1v) is 7.17. The molecule has 2 fully saturated rings. The average molecular weight is 254 g/mol.